The predicted molar refractivity (Wildman–Crippen MR) is 129 cm³/mol. The number of carbonyl (C=O) groups is 1. The number of thioether (sulfide) groups is 1. The maximum Gasteiger partial charge on any atom is 0.236 e. The number of hydrogen-bond donors (Lipinski definition) is 1. The summed E-state index contributed by atoms with van der Waals surface area (Å²) >= 11 is 1.33. The summed E-state index contributed by atoms with van der Waals surface area (Å²) in [6.07, 6.45) is 3.86. The van der Waals surface area contributed by atoms with Crippen molar-refractivity contribution in [3.05, 3.63) is 77.1 Å². The second-order valence-corrected chi connectivity index (χ2v) is 9.28. The van der Waals surface area contributed by atoms with E-state index < -0.39 is 0 Å². The molecule has 3 heterocycles. The van der Waals surface area contributed by atoms with Crippen LogP contribution in [0.3, 0.4) is 0 Å². The average Bonchev–Trinajstić information content (AvgIpc) is 3.31. The number of hydrogen-bond acceptors (Lipinski definition) is 6. The summed E-state index contributed by atoms with van der Waals surface area (Å²) in [5.41, 5.74) is 3.12. The van der Waals surface area contributed by atoms with Gasteiger partial charge in [0, 0.05) is 17.3 Å². The second kappa shape index (κ2) is 9.23. The molecule has 1 aliphatic rings. The third-order valence-corrected chi connectivity index (χ3v) is 6.98. The van der Waals surface area contributed by atoms with Crippen LogP contribution in [0.4, 0.5) is 5.82 Å². The van der Waals surface area contributed by atoms with E-state index in [4.69, 9.17) is 4.42 Å². The smallest absolute Gasteiger partial charge is 0.236 e. The summed E-state index contributed by atoms with van der Waals surface area (Å²) in [6.45, 7) is 4.38. The van der Waals surface area contributed by atoms with Gasteiger partial charge in [-0.3, -0.25) is 13.9 Å². The molecule has 1 fully saturated rings. The number of nitrogens with one attached hydrogen (secondary N) is 1. The molecule has 1 amide bonds. The Bertz CT molecular complexity index is 1360. The molecule has 1 aliphatic carbocycles. The van der Waals surface area contributed by atoms with Crippen LogP contribution in [0, 0.1) is 25.2 Å². The van der Waals surface area contributed by atoms with Gasteiger partial charge < -0.3 is 9.73 Å². The number of anilines is 1. The van der Waals surface area contributed by atoms with Gasteiger partial charge in [-0.25, -0.2) is 0 Å². The Morgan fingerprint density at radius 1 is 1.21 bits per heavy atom. The zero-order valence-corrected chi connectivity index (χ0v) is 19.8. The van der Waals surface area contributed by atoms with Crippen LogP contribution >= 0.6 is 11.8 Å². The van der Waals surface area contributed by atoms with E-state index in [0.29, 0.717) is 29.0 Å². The number of aromatic nitrogens is 4. The summed E-state index contributed by atoms with van der Waals surface area (Å²) in [7, 11) is 0. The molecule has 0 bridgehead atoms. The summed E-state index contributed by atoms with van der Waals surface area (Å²) in [5.74, 6) is 2.60. The van der Waals surface area contributed by atoms with Gasteiger partial charge in [0.05, 0.1) is 24.1 Å². The van der Waals surface area contributed by atoms with Crippen LogP contribution in [-0.4, -0.2) is 31.0 Å². The van der Waals surface area contributed by atoms with Crippen molar-refractivity contribution in [1.82, 2.24) is 19.3 Å². The van der Waals surface area contributed by atoms with Crippen LogP contribution in [-0.2, 0) is 11.3 Å². The molecule has 0 unspecified atom stereocenters. The Kier molecular flexibility index (Phi) is 5.99. The normalized spacial score (nSPS) is 13.1. The standard InChI is InChI=1S/C25H24N6O2S/c1-16-17(2)31(19-7-4-3-5-8-19)24(21(16)13-26)27-22(32)15-34-25-29-28-23(18-10-11-18)30(25)14-20-9-6-12-33-20/h3-9,12,18H,10-11,14-15H2,1-2H3,(H,27,32). The molecule has 1 saturated carbocycles. The number of nitriles is 1. The van der Waals surface area contributed by atoms with Crippen molar-refractivity contribution >= 4 is 23.5 Å². The zero-order valence-electron chi connectivity index (χ0n) is 19.0. The fourth-order valence-corrected chi connectivity index (χ4v) is 4.76. The monoisotopic (exact) mass is 472 g/mol. The summed E-state index contributed by atoms with van der Waals surface area (Å²) in [6, 6.07) is 15.7. The van der Waals surface area contributed by atoms with Crippen molar-refractivity contribution < 1.29 is 9.21 Å². The van der Waals surface area contributed by atoms with Gasteiger partial charge in [-0.2, -0.15) is 5.26 Å². The van der Waals surface area contributed by atoms with Crippen molar-refractivity contribution in [2.45, 2.75) is 44.3 Å². The lowest BCUT2D eigenvalue weighted by molar-refractivity contribution is -0.113. The van der Waals surface area contributed by atoms with Crippen molar-refractivity contribution in [1.29, 1.82) is 5.26 Å². The SMILES string of the molecule is Cc1c(C#N)c(NC(=O)CSc2nnc(C3CC3)n2Cc2ccco2)n(-c2ccccc2)c1C. The van der Waals surface area contributed by atoms with Crippen molar-refractivity contribution in [3.63, 3.8) is 0 Å². The van der Waals surface area contributed by atoms with Gasteiger partial charge in [0.1, 0.15) is 23.5 Å². The number of carbonyl (C=O) groups excluding carboxylic acids is 1. The molecule has 0 spiro atoms. The van der Waals surface area contributed by atoms with Gasteiger partial charge in [-0.05, 0) is 56.5 Å². The lowest BCUT2D eigenvalue weighted by Crippen LogP contribution is -2.18. The quantitative estimate of drug-likeness (QED) is 0.369. The molecule has 34 heavy (non-hydrogen) atoms. The molecule has 8 nitrogen and oxygen atoms in total. The highest BCUT2D eigenvalue weighted by molar-refractivity contribution is 7.99. The molecule has 0 radical (unpaired) electrons. The van der Waals surface area contributed by atoms with Crippen molar-refractivity contribution in [3.8, 4) is 11.8 Å². The summed E-state index contributed by atoms with van der Waals surface area (Å²) in [4.78, 5) is 13.0. The maximum atomic E-state index is 13.0. The second-order valence-electron chi connectivity index (χ2n) is 8.33. The van der Waals surface area contributed by atoms with E-state index in [1.165, 1.54) is 11.8 Å². The van der Waals surface area contributed by atoms with Gasteiger partial charge in [-0.1, -0.05) is 30.0 Å². The number of nitrogens with zero attached hydrogens (tertiary/aromatic N) is 5. The highest BCUT2D eigenvalue weighted by atomic mass is 32.2. The summed E-state index contributed by atoms with van der Waals surface area (Å²) < 4.78 is 9.47. The van der Waals surface area contributed by atoms with Gasteiger partial charge in [0.25, 0.3) is 0 Å². The molecule has 0 aliphatic heterocycles. The molecule has 9 heteroatoms. The predicted octanol–water partition coefficient (Wildman–Crippen LogP) is 4.81. The molecular formula is C25H24N6O2S. The first-order valence-electron chi connectivity index (χ1n) is 11.1. The highest BCUT2D eigenvalue weighted by Crippen LogP contribution is 2.40. The van der Waals surface area contributed by atoms with Crippen LogP contribution in [0.5, 0.6) is 0 Å². The third kappa shape index (κ3) is 4.24. The lowest BCUT2D eigenvalue weighted by Gasteiger charge is -2.13. The molecule has 5 rings (SSSR count). The topological polar surface area (TPSA) is 102 Å². The number of benzene rings is 1. The average molecular weight is 473 g/mol. The van der Waals surface area contributed by atoms with Gasteiger partial charge in [-0.15, -0.1) is 10.2 Å². The molecule has 172 valence electrons. The first kappa shape index (κ1) is 22.0. The highest BCUT2D eigenvalue weighted by Gasteiger charge is 2.31. The Morgan fingerprint density at radius 2 is 2.00 bits per heavy atom. The van der Waals surface area contributed by atoms with E-state index >= 15 is 0 Å². The molecule has 4 aromatic rings. The number of amides is 1. The molecular weight excluding hydrogens is 448 g/mol. The van der Waals surface area contributed by atoms with E-state index in [0.717, 1.165) is 41.4 Å². The minimum Gasteiger partial charge on any atom is -0.467 e. The number of para-hydroxylation sites is 1. The minimum absolute atomic E-state index is 0.143. The zero-order chi connectivity index (χ0) is 23.7. The van der Waals surface area contributed by atoms with Crippen LogP contribution in [0.25, 0.3) is 5.69 Å². The molecule has 0 saturated heterocycles. The molecule has 0 atom stereocenters. The molecule has 3 aromatic heterocycles. The van der Waals surface area contributed by atoms with Gasteiger partial charge in [0.15, 0.2) is 5.16 Å². The maximum absolute atomic E-state index is 13.0. The largest absolute Gasteiger partial charge is 0.467 e. The van der Waals surface area contributed by atoms with E-state index in [1.807, 2.05) is 65.4 Å². The van der Waals surface area contributed by atoms with E-state index in [9.17, 15) is 10.1 Å². The van der Waals surface area contributed by atoms with Crippen LogP contribution in [0.1, 0.15) is 47.2 Å². The van der Waals surface area contributed by atoms with Crippen molar-refractivity contribution in [2.24, 2.45) is 0 Å². The van der Waals surface area contributed by atoms with E-state index in [1.54, 1.807) is 6.26 Å². The molecule has 1 N–H and O–H groups in total. The van der Waals surface area contributed by atoms with E-state index in [-0.39, 0.29) is 11.7 Å². The van der Waals surface area contributed by atoms with Gasteiger partial charge >= 0.3 is 0 Å². The van der Waals surface area contributed by atoms with Crippen molar-refractivity contribution in [2.75, 3.05) is 11.1 Å². The fourth-order valence-electron chi connectivity index (χ4n) is 4.02. The minimum atomic E-state index is -0.211. The lowest BCUT2D eigenvalue weighted by atomic mass is 10.2. The van der Waals surface area contributed by atoms with Crippen LogP contribution in [0.2, 0.25) is 0 Å². The Balaban J connectivity index is 1.36. The van der Waals surface area contributed by atoms with Crippen LogP contribution < -0.4 is 5.32 Å². The van der Waals surface area contributed by atoms with Crippen LogP contribution in [0.15, 0.2) is 58.3 Å². The molecule has 1 aromatic carbocycles. The van der Waals surface area contributed by atoms with Gasteiger partial charge in [0.2, 0.25) is 5.91 Å². The first-order valence-corrected chi connectivity index (χ1v) is 12.1. The number of furan rings is 1. The Hall–Kier alpha value is -3.77. The summed E-state index contributed by atoms with van der Waals surface area (Å²) in [5, 5.41) is 22.2. The Morgan fingerprint density at radius 3 is 2.68 bits per heavy atom. The van der Waals surface area contributed by atoms with E-state index in [2.05, 4.69) is 21.6 Å². The first-order chi connectivity index (χ1) is 16.6. The fraction of sp³-hybridized carbons (Fsp3) is 0.280. The Labute approximate surface area is 201 Å². The third-order valence-electron chi connectivity index (χ3n) is 6.01. The number of rotatable bonds is 8.